The Morgan fingerprint density at radius 2 is 1.71 bits per heavy atom. The topological polar surface area (TPSA) is 61.4 Å². The van der Waals surface area contributed by atoms with Gasteiger partial charge in [-0.15, -0.1) is 0 Å². The van der Waals surface area contributed by atoms with Gasteiger partial charge < -0.3 is 15.1 Å². The molecule has 3 rings (SSSR count). The molecular weight excluding hydrogens is 371 g/mol. The molecule has 0 radical (unpaired) electrons. The number of hydrogen-bond donors (Lipinski definition) is 1. The number of amides is 1. The summed E-state index contributed by atoms with van der Waals surface area (Å²) in [7, 11) is 0. The van der Waals surface area contributed by atoms with E-state index in [1.807, 2.05) is 4.90 Å². The van der Waals surface area contributed by atoms with E-state index >= 15 is 0 Å². The van der Waals surface area contributed by atoms with Crippen molar-refractivity contribution in [1.82, 2.24) is 14.9 Å². The van der Waals surface area contributed by atoms with Crippen molar-refractivity contribution in [3.8, 4) is 11.8 Å². The fourth-order valence-corrected chi connectivity index (χ4v) is 2.84. The highest BCUT2D eigenvalue weighted by atomic mass is 19.4. The summed E-state index contributed by atoms with van der Waals surface area (Å²) >= 11 is 0. The largest absolute Gasteiger partial charge is 0.416 e. The van der Waals surface area contributed by atoms with Crippen molar-refractivity contribution in [2.75, 3.05) is 36.4 Å². The van der Waals surface area contributed by atoms with Crippen molar-refractivity contribution in [1.29, 1.82) is 0 Å². The quantitative estimate of drug-likeness (QED) is 0.818. The molecule has 0 atom stereocenters. The highest BCUT2D eigenvalue weighted by Gasteiger charge is 2.30. The Hall–Kier alpha value is -3.28. The van der Waals surface area contributed by atoms with Crippen LogP contribution in [0.25, 0.3) is 0 Å². The maximum Gasteiger partial charge on any atom is 0.416 e. The van der Waals surface area contributed by atoms with Gasteiger partial charge in [0.2, 0.25) is 0 Å². The van der Waals surface area contributed by atoms with Gasteiger partial charge in [-0.25, -0.2) is 9.97 Å². The lowest BCUT2D eigenvalue weighted by molar-refractivity contribution is -0.137. The molecule has 0 spiro atoms. The standard InChI is InChI=1S/C19H18F3N5O/c1-2-3-16(28)26-10-12-27(13-11-26)18-17(23-8-9-24-18)25-15-6-4-14(5-7-15)19(20,21)22/h4-9H,10-13H2,1H3,(H,23,25). The normalized spacial score (nSPS) is 14.3. The van der Waals surface area contributed by atoms with Gasteiger partial charge in [-0.3, -0.25) is 4.79 Å². The Kier molecular flexibility index (Phi) is 5.68. The maximum absolute atomic E-state index is 12.7. The second-order valence-electron chi connectivity index (χ2n) is 6.08. The molecule has 2 aromatic rings. The summed E-state index contributed by atoms with van der Waals surface area (Å²) in [5, 5.41) is 3.02. The second kappa shape index (κ2) is 8.17. The van der Waals surface area contributed by atoms with Crippen LogP contribution in [0.3, 0.4) is 0 Å². The number of alkyl halides is 3. The van der Waals surface area contributed by atoms with E-state index in [0.29, 0.717) is 43.5 Å². The van der Waals surface area contributed by atoms with E-state index in [2.05, 4.69) is 27.1 Å². The average Bonchev–Trinajstić information content (AvgIpc) is 2.68. The van der Waals surface area contributed by atoms with Gasteiger partial charge in [-0.1, -0.05) is 5.92 Å². The predicted molar refractivity (Wildman–Crippen MR) is 99.0 cm³/mol. The highest BCUT2D eigenvalue weighted by molar-refractivity contribution is 5.93. The number of carbonyl (C=O) groups is 1. The molecular formula is C19H18F3N5O. The molecule has 28 heavy (non-hydrogen) atoms. The molecule has 0 aliphatic carbocycles. The van der Waals surface area contributed by atoms with E-state index in [0.717, 1.165) is 12.1 Å². The first-order valence-electron chi connectivity index (χ1n) is 8.60. The SMILES string of the molecule is CC#CC(=O)N1CCN(c2nccnc2Nc2ccc(C(F)(F)F)cc2)CC1. The van der Waals surface area contributed by atoms with Gasteiger partial charge in [0, 0.05) is 44.3 Å². The summed E-state index contributed by atoms with van der Waals surface area (Å²) < 4.78 is 38.1. The molecule has 1 fully saturated rings. The van der Waals surface area contributed by atoms with Crippen LogP contribution in [0.15, 0.2) is 36.7 Å². The number of rotatable bonds is 3. The molecule has 1 aromatic heterocycles. The second-order valence-corrected chi connectivity index (χ2v) is 6.08. The molecule has 0 bridgehead atoms. The smallest absolute Gasteiger partial charge is 0.350 e. The first-order valence-corrected chi connectivity index (χ1v) is 8.60. The third-order valence-electron chi connectivity index (χ3n) is 4.25. The minimum absolute atomic E-state index is 0.204. The monoisotopic (exact) mass is 389 g/mol. The number of aromatic nitrogens is 2. The van der Waals surface area contributed by atoms with Gasteiger partial charge in [-0.2, -0.15) is 13.2 Å². The minimum Gasteiger partial charge on any atom is -0.350 e. The van der Waals surface area contributed by atoms with Gasteiger partial charge in [0.25, 0.3) is 5.91 Å². The number of piperazine rings is 1. The van der Waals surface area contributed by atoms with Crippen LogP contribution < -0.4 is 10.2 Å². The van der Waals surface area contributed by atoms with Gasteiger partial charge in [-0.05, 0) is 37.1 Å². The summed E-state index contributed by atoms with van der Waals surface area (Å²) in [6.45, 7) is 3.73. The molecule has 146 valence electrons. The van der Waals surface area contributed by atoms with E-state index in [1.54, 1.807) is 18.0 Å². The van der Waals surface area contributed by atoms with E-state index in [1.165, 1.54) is 18.3 Å². The Morgan fingerprint density at radius 3 is 2.32 bits per heavy atom. The zero-order valence-corrected chi connectivity index (χ0v) is 15.1. The van der Waals surface area contributed by atoms with E-state index < -0.39 is 11.7 Å². The van der Waals surface area contributed by atoms with Gasteiger partial charge in [0.15, 0.2) is 11.6 Å². The summed E-state index contributed by atoms with van der Waals surface area (Å²) in [5.41, 5.74) is -0.241. The van der Waals surface area contributed by atoms with Crippen molar-refractivity contribution in [2.24, 2.45) is 0 Å². The number of nitrogens with zero attached hydrogens (tertiary/aromatic N) is 4. The lowest BCUT2D eigenvalue weighted by Crippen LogP contribution is -2.48. The lowest BCUT2D eigenvalue weighted by Gasteiger charge is -2.35. The van der Waals surface area contributed by atoms with Gasteiger partial charge in [0.05, 0.1) is 5.56 Å². The maximum atomic E-state index is 12.7. The van der Waals surface area contributed by atoms with E-state index in [9.17, 15) is 18.0 Å². The van der Waals surface area contributed by atoms with Crippen molar-refractivity contribution < 1.29 is 18.0 Å². The van der Waals surface area contributed by atoms with Crippen molar-refractivity contribution in [2.45, 2.75) is 13.1 Å². The van der Waals surface area contributed by atoms with E-state index in [-0.39, 0.29) is 5.91 Å². The third-order valence-corrected chi connectivity index (χ3v) is 4.25. The molecule has 0 saturated carbocycles. The number of nitrogens with one attached hydrogen (secondary N) is 1. The molecule has 2 heterocycles. The molecule has 0 unspecified atom stereocenters. The van der Waals surface area contributed by atoms with Gasteiger partial charge >= 0.3 is 6.18 Å². The Morgan fingerprint density at radius 1 is 1.07 bits per heavy atom. The average molecular weight is 389 g/mol. The van der Waals surface area contributed by atoms with Crippen LogP contribution in [-0.4, -0.2) is 47.0 Å². The van der Waals surface area contributed by atoms with Crippen LogP contribution in [0, 0.1) is 11.8 Å². The lowest BCUT2D eigenvalue weighted by atomic mass is 10.2. The number of halogens is 3. The van der Waals surface area contributed by atoms with Crippen molar-refractivity contribution in [3.05, 3.63) is 42.2 Å². The molecule has 1 aliphatic heterocycles. The Labute approximate surface area is 160 Å². The first kappa shape index (κ1) is 19.5. The van der Waals surface area contributed by atoms with Crippen molar-refractivity contribution >= 4 is 23.2 Å². The summed E-state index contributed by atoms with van der Waals surface area (Å²) in [4.78, 5) is 24.1. The Bertz CT molecular complexity index is 894. The first-order chi connectivity index (χ1) is 13.4. The zero-order valence-electron chi connectivity index (χ0n) is 15.1. The molecule has 6 nitrogen and oxygen atoms in total. The molecule has 1 N–H and O–H groups in total. The fourth-order valence-electron chi connectivity index (χ4n) is 2.84. The fraction of sp³-hybridized carbons (Fsp3) is 0.316. The molecule has 1 amide bonds. The van der Waals surface area contributed by atoms with Crippen molar-refractivity contribution in [3.63, 3.8) is 0 Å². The molecule has 1 aliphatic rings. The van der Waals surface area contributed by atoms with Crippen LogP contribution in [0.4, 0.5) is 30.5 Å². The zero-order chi connectivity index (χ0) is 20.1. The summed E-state index contributed by atoms with van der Waals surface area (Å²) in [6, 6.07) is 4.72. The summed E-state index contributed by atoms with van der Waals surface area (Å²) in [5.74, 6) is 5.94. The predicted octanol–water partition coefficient (Wildman–Crippen LogP) is 2.91. The van der Waals surface area contributed by atoms with Crippen LogP contribution >= 0.6 is 0 Å². The number of benzene rings is 1. The number of anilines is 3. The van der Waals surface area contributed by atoms with E-state index in [4.69, 9.17) is 0 Å². The Balaban J connectivity index is 1.72. The molecule has 1 saturated heterocycles. The minimum atomic E-state index is -4.38. The number of hydrogen-bond acceptors (Lipinski definition) is 5. The third kappa shape index (κ3) is 4.52. The van der Waals surface area contributed by atoms with Crippen LogP contribution in [0.2, 0.25) is 0 Å². The summed E-state index contributed by atoms with van der Waals surface area (Å²) in [6.07, 6.45) is -1.32. The van der Waals surface area contributed by atoms with Crippen LogP contribution in [0.1, 0.15) is 12.5 Å². The van der Waals surface area contributed by atoms with Crippen LogP contribution in [0.5, 0.6) is 0 Å². The highest BCUT2D eigenvalue weighted by Crippen LogP contribution is 2.31. The van der Waals surface area contributed by atoms with Crippen LogP contribution in [-0.2, 0) is 11.0 Å². The van der Waals surface area contributed by atoms with Gasteiger partial charge in [0.1, 0.15) is 0 Å². The number of carbonyl (C=O) groups excluding carboxylic acids is 1. The molecule has 1 aromatic carbocycles. The molecule has 9 heteroatoms.